The zero-order valence-electron chi connectivity index (χ0n) is 14.2. The maximum atomic E-state index is 11.6. The first kappa shape index (κ1) is 16.3. The van der Waals surface area contributed by atoms with Crippen molar-refractivity contribution in [1.29, 1.82) is 0 Å². The van der Waals surface area contributed by atoms with Crippen LogP contribution in [0.3, 0.4) is 0 Å². The molecule has 26 heavy (non-hydrogen) atoms. The molecule has 1 aliphatic carbocycles. The molecule has 0 aliphatic heterocycles. The van der Waals surface area contributed by atoms with Gasteiger partial charge in [0, 0.05) is 12.5 Å². The molecule has 8 heteroatoms. The number of rotatable bonds is 5. The van der Waals surface area contributed by atoms with Crippen LogP contribution in [0.25, 0.3) is 5.65 Å². The normalized spacial score (nSPS) is 19.7. The van der Waals surface area contributed by atoms with E-state index in [1.807, 2.05) is 24.3 Å². The molecule has 4 N–H and O–H groups in total. The summed E-state index contributed by atoms with van der Waals surface area (Å²) < 4.78 is 1.70. The fourth-order valence-corrected chi connectivity index (χ4v) is 3.48. The monoisotopic (exact) mass is 352 g/mol. The third-order valence-electron chi connectivity index (χ3n) is 4.84. The van der Waals surface area contributed by atoms with Gasteiger partial charge >= 0.3 is 0 Å². The second-order valence-corrected chi connectivity index (χ2v) is 6.64. The zero-order chi connectivity index (χ0) is 18.1. The highest BCUT2D eigenvalue weighted by atomic mass is 16.3. The molecule has 1 amide bonds. The summed E-state index contributed by atoms with van der Waals surface area (Å²) in [7, 11) is 0. The molecule has 1 aliphatic rings. The van der Waals surface area contributed by atoms with Crippen molar-refractivity contribution in [1.82, 2.24) is 19.8 Å². The number of amides is 1. The number of primary amides is 1. The second-order valence-electron chi connectivity index (χ2n) is 6.64. The molecule has 2 aromatic heterocycles. The van der Waals surface area contributed by atoms with E-state index in [0.717, 1.165) is 24.8 Å². The van der Waals surface area contributed by atoms with Gasteiger partial charge in [0.15, 0.2) is 11.5 Å². The Kier molecular flexibility index (Phi) is 4.16. The number of anilines is 1. The van der Waals surface area contributed by atoms with Gasteiger partial charge in [-0.05, 0) is 42.7 Å². The molecule has 4 rings (SSSR count). The first-order valence-electron chi connectivity index (χ1n) is 8.65. The summed E-state index contributed by atoms with van der Waals surface area (Å²) in [5.41, 5.74) is 7.15. The molecule has 134 valence electrons. The topological polar surface area (TPSA) is 118 Å². The number of nitrogens with two attached hydrogens (primary N) is 1. The standard InChI is InChI=1S/C18H20N6O2/c19-18(26)13-2-1-3-14(13)20-15-8-9-16-21-22-17(24(16)23-15)10-11-4-6-12(25)7-5-11/h4-9,13-14,25H,1-3,10H2,(H2,19,26)(H,20,23)/t13-,14+/m0/s1. The predicted molar refractivity (Wildman–Crippen MR) is 95.6 cm³/mol. The maximum Gasteiger partial charge on any atom is 0.222 e. The molecular weight excluding hydrogens is 332 g/mol. The number of aromatic hydroxyl groups is 1. The first-order chi connectivity index (χ1) is 12.6. The van der Waals surface area contributed by atoms with Gasteiger partial charge in [0.2, 0.25) is 5.91 Å². The van der Waals surface area contributed by atoms with Crippen molar-refractivity contribution >= 4 is 17.4 Å². The number of nitrogens with zero attached hydrogens (tertiary/aromatic N) is 4. The average Bonchev–Trinajstić information content (AvgIpc) is 3.24. The summed E-state index contributed by atoms with van der Waals surface area (Å²) in [6.07, 6.45) is 3.24. The molecule has 1 saturated carbocycles. The molecule has 0 saturated heterocycles. The fraction of sp³-hybridized carbons (Fsp3) is 0.333. The minimum Gasteiger partial charge on any atom is -0.508 e. The van der Waals surface area contributed by atoms with Crippen molar-refractivity contribution in [2.75, 3.05) is 5.32 Å². The van der Waals surface area contributed by atoms with Crippen LogP contribution >= 0.6 is 0 Å². The van der Waals surface area contributed by atoms with Gasteiger partial charge < -0.3 is 16.2 Å². The minimum absolute atomic E-state index is 0.00878. The van der Waals surface area contributed by atoms with E-state index in [1.54, 1.807) is 16.6 Å². The number of phenols is 1. The van der Waals surface area contributed by atoms with Crippen LogP contribution in [-0.4, -0.2) is 36.9 Å². The Morgan fingerprint density at radius 1 is 1.19 bits per heavy atom. The van der Waals surface area contributed by atoms with Gasteiger partial charge in [-0.15, -0.1) is 15.3 Å². The third kappa shape index (κ3) is 3.17. The molecule has 1 fully saturated rings. The van der Waals surface area contributed by atoms with E-state index in [0.29, 0.717) is 23.7 Å². The fourth-order valence-electron chi connectivity index (χ4n) is 3.48. The highest BCUT2D eigenvalue weighted by molar-refractivity contribution is 5.78. The lowest BCUT2D eigenvalue weighted by Crippen LogP contribution is -2.34. The number of carbonyl (C=O) groups is 1. The summed E-state index contributed by atoms with van der Waals surface area (Å²) in [4.78, 5) is 11.6. The lowest BCUT2D eigenvalue weighted by molar-refractivity contribution is -0.121. The van der Waals surface area contributed by atoms with Crippen LogP contribution in [0.4, 0.5) is 5.82 Å². The highest BCUT2D eigenvalue weighted by Crippen LogP contribution is 2.28. The van der Waals surface area contributed by atoms with E-state index in [9.17, 15) is 9.90 Å². The molecule has 1 aromatic carbocycles. The van der Waals surface area contributed by atoms with Gasteiger partial charge in [-0.3, -0.25) is 4.79 Å². The first-order valence-corrected chi connectivity index (χ1v) is 8.65. The minimum atomic E-state index is -0.265. The number of benzene rings is 1. The predicted octanol–water partition coefficient (Wildman–Crippen LogP) is 1.49. The van der Waals surface area contributed by atoms with Gasteiger partial charge in [0.05, 0.1) is 5.92 Å². The number of phenolic OH excluding ortho intramolecular Hbond substituents is 1. The molecular formula is C18H20N6O2. The Hall–Kier alpha value is -3.16. The molecule has 2 heterocycles. The van der Waals surface area contributed by atoms with E-state index in [2.05, 4.69) is 20.6 Å². The van der Waals surface area contributed by atoms with Crippen LogP contribution < -0.4 is 11.1 Å². The van der Waals surface area contributed by atoms with Crippen molar-refractivity contribution in [3.63, 3.8) is 0 Å². The Labute approximate surface area is 150 Å². The van der Waals surface area contributed by atoms with E-state index in [-0.39, 0.29) is 23.6 Å². The average molecular weight is 352 g/mol. The lowest BCUT2D eigenvalue weighted by atomic mass is 10.0. The van der Waals surface area contributed by atoms with Gasteiger partial charge in [-0.25, -0.2) is 0 Å². The zero-order valence-corrected chi connectivity index (χ0v) is 14.2. The number of carbonyl (C=O) groups excluding carboxylic acids is 1. The second kappa shape index (κ2) is 6.62. The largest absolute Gasteiger partial charge is 0.508 e. The van der Waals surface area contributed by atoms with Crippen molar-refractivity contribution < 1.29 is 9.90 Å². The van der Waals surface area contributed by atoms with E-state index in [4.69, 9.17) is 5.73 Å². The number of fused-ring (bicyclic) bond motifs is 1. The van der Waals surface area contributed by atoms with Crippen LogP contribution in [0.1, 0.15) is 30.7 Å². The lowest BCUT2D eigenvalue weighted by Gasteiger charge is -2.18. The molecule has 0 spiro atoms. The van der Waals surface area contributed by atoms with Crippen LogP contribution in [0.2, 0.25) is 0 Å². The molecule has 8 nitrogen and oxygen atoms in total. The van der Waals surface area contributed by atoms with Gasteiger partial charge in [0.25, 0.3) is 0 Å². The number of nitrogens with one attached hydrogen (secondary N) is 1. The van der Waals surface area contributed by atoms with Gasteiger partial charge in [-0.1, -0.05) is 18.6 Å². The SMILES string of the molecule is NC(=O)[C@H]1CCC[C@H]1Nc1ccc2nnc(Cc3ccc(O)cc3)n2n1. The maximum absolute atomic E-state index is 11.6. The van der Waals surface area contributed by atoms with Crippen molar-refractivity contribution in [3.8, 4) is 5.75 Å². The quantitative estimate of drug-likeness (QED) is 0.640. The van der Waals surface area contributed by atoms with Gasteiger partial charge in [0.1, 0.15) is 11.6 Å². The van der Waals surface area contributed by atoms with Gasteiger partial charge in [-0.2, -0.15) is 4.52 Å². The number of hydrogen-bond acceptors (Lipinski definition) is 6. The van der Waals surface area contributed by atoms with E-state index >= 15 is 0 Å². The van der Waals surface area contributed by atoms with Crippen molar-refractivity contribution in [2.45, 2.75) is 31.7 Å². The van der Waals surface area contributed by atoms with Crippen LogP contribution in [0.5, 0.6) is 5.75 Å². The molecule has 2 atom stereocenters. The summed E-state index contributed by atoms with van der Waals surface area (Å²) in [5.74, 6) is 1.17. The van der Waals surface area contributed by atoms with Crippen LogP contribution in [0, 0.1) is 5.92 Å². The summed E-state index contributed by atoms with van der Waals surface area (Å²) in [6.45, 7) is 0. The van der Waals surface area contributed by atoms with E-state index in [1.165, 1.54) is 0 Å². The molecule has 0 bridgehead atoms. The highest BCUT2D eigenvalue weighted by Gasteiger charge is 2.31. The Balaban J connectivity index is 1.58. The molecule has 0 unspecified atom stereocenters. The van der Waals surface area contributed by atoms with Crippen molar-refractivity contribution in [2.24, 2.45) is 11.7 Å². The third-order valence-corrected chi connectivity index (χ3v) is 4.84. The molecule has 0 radical (unpaired) electrons. The Morgan fingerprint density at radius 2 is 2.00 bits per heavy atom. The number of hydrogen-bond donors (Lipinski definition) is 3. The Bertz CT molecular complexity index is 937. The smallest absolute Gasteiger partial charge is 0.222 e. The molecule has 3 aromatic rings. The Morgan fingerprint density at radius 3 is 2.77 bits per heavy atom. The van der Waals surface area contributed by atoms with Crippen LogP contribution in [0.15, 0.2) is 36.4 Å². The summed E-state index contributed by atoms with van der Waals surface area (Å²) in [6, 6.07) is 10.7. The number of aromatic nitrogens is 4. The van der Waals surface area contributed by atoms with E-state index < -0.39 is 0 Å². The van der Waals surface area contributed by atoms with Crippen LogP contribution in [-0.2, 0) is 11.2 Å². The summed E-state index contributed by atoms with van der Waals surface area (Å²) in [5, 5.41) is 25.7. The van der Waals surface area contributed by atoms with Crippen molar-refractivity contribution in [3.05, 3.63) is 47.8 Å². The summed E-state index contributed by atoms with van der Waals surface area (Å²) >= 11 is 0.